The molecule has 1 aliphatic rings. The van der Waals surface area contributed by atoms with E-state index < -0.39 is 0 Å². The predicted molar refractivity (Wildman–Crippen MR) is 83.9 cm³/mol. The van der Waals surface area contributed by atoms with Gasteiger partial charge in [-0.2, -0.15) is 0 Å². The number of piperidine rings is 1. The van der Waals surface area contributed by atoms with Crippen molar-refractivity contribution < 1.29 is 9.21 Å². The van der Waals surface area contributed by atoms with E-state index in [1.807, 2.05) is 24.8 Å². The highest BCUT2D eigenvalue weighted by molar-refractivity contribution is 5.78. The molecule has 0 bridgehead atoms. The molecule has 118 valence electrons. The van der Waals surface area contributed by atoms with Crippen LogP contribution < -0.4 is 5.32 Å². The van der Waals surface area contributed by atoms with Gasteiger partial charge in [-0.15, -0.1) is 0 Å². The number of rotatable bonds is 5. The quantitative estimate of drug-likeness (QED) is 0.907. The molecule has 21 heavy (non-hydrogen) atoms. The van der Waals surface area contributed by atoms with Crippen molar-refractivity contribution >= 4 is 5.91 Å². The third-order valence-corrected chi connectivity index (χ3v) is 4.56. The summed E-state index contributed by atoms with van der Waals surface area (Å²) in [6, 6.07) is 2.47. The van der Waals surface area contributed by atoms with Gasteiger partial charge in [-0.3, -0.25) is 4.79 Å². The summed E-state index contributed by atoms with van der Waals surface area (Å²) in [4.78, 5) is 14.2. The first-order valence-corrected chi connectivity index (χ1v) is 8.08. The summed E-state index contributed by atoms with van der Waals surface area (Å²) < 4.78 is 5.49. The Morgan fingerprint density at radius 2 is 2.29 bits per heavy atom. The molecule has 1 aliphatic heterocycles. The Morgan fingerprint density at radius 3 is 2.86 bits per heavy atom. The molecule has 1 aromatic heterocycles. The molecule has 1 N–H and O–H groups in total. The number of hydrogen-bond acceptors (Lipinski definition) is 3. The zero-order valence-corrected chi connectivity index (χ0v) is 13.7. The fourth-order valence-electron chi connectivity index (χ4n) is 3.09. The molecule has 0 spiro atoms. The maximum absolute atomic E-state index is 12.1. The topological polar surface area (TPSA) is 45.5 Å². The molecule has 1 fully saturated rings. The molecule has 1 amide bonds. The first-order chi connectivity index (χ1) is 10.0. The molecule has 0 radical (unpaired) electrons. The molecule has 2 rings (SSSR count). The van der Waals surface area contributed by atoms with E-state index in [4.69, 9.17) is 4.42 Å². The minimum Gasteiger partial charge on any atom is -0.468 e. The van der Waals surface area contributed by atoms with Gasteiger partial charge in [-0.05, 0) is 30.9 Å². The lowest BCUT2D eigenvalue weighted by atomic mass is 9.89. The van der Waals surface area contributed by atoms with Crippen molar-refractivity contribution in [2.75, 3.05) is 13.1 Å². The van der Waals surface area contributed by atoms with Crippen LogP contribution in [0.1, 0.15) is 44.9 Å². The highest BCUT2D eigenvalue weighted by Crippen LogP contribution is 2.22. The van der Waals surface area contributed by atoms with E-state index in [-0.39, 0.29) is 11.8 Å². The van der Waals surface area contributed by atoms with Gasteiger partial charge in [-0.25, -0.2) is 0 Å². The molecule has 4 heteroatoms. The summed E-state index contributed by atoms with van der Waals surface area (Å²) in [6.07, 6.45) is 3.86. The maximum Gasteiger partial charge on any atom is 0.225 e. The summed E-state index contributed by atoms with van der Waals surface area (Å²) in [5, 5.41) is 3.62. The van der Waals surface area contributed by atoms with Gasteiger partial charge < -0.3 is 14.6 Å². The van der Waals surface area contributed by atoms with Crippen molar-refractivity contribution in [1.82, 2.24) is 10.2 Å². The first-order valence-electron chi connectivity index (χ1n) is 8.08. The van der Waals surface area contributed by atoms with E-state index in [2.05, 4.69) is 19.2 Å². The average molecular weight is 292 g/mol. The standard InChI is InChI=1S/C17H28N2O2/c1-5-14-11-19(17(20)12(2)3)8-6-15(14)18-10-16-13(4)7-9-21-16/h7,9,12,14-15,18H,5-6,8,10-11H2,1-4H3. The number of hydrogen-bond donors (Lipinski definition) is 1. The van der Waals surface area contributed by atoms with Gasteiger partial charge in [0.05, 0.1) is 12.8 Å². The van der Waals surface area contributed by atoms with Gasteiger partial charge in [0.2, 0.25) is 5.91 Å². The number of furan rings is 1. The second-order valence-electron chi connectivity index (χ2n) is 6.41. The SMILES string of the molecule is CCC1CN(C(=O)C(C)C)CCC1NCc1occc1C. The van der Waals surface area contributed by atoms with Gasteiger partial charge in [-0.1, -0.05) is 27.2 Å². The lowest BCUT2D eigenvalue weighted by molar-refractivity contribution is -0.136. The van der Waals surface area contributed by atoms with Crippen molar-refractivity contribution in [2.24, 2.45) is 11.8 Å². The number of likely N-dealkylation sites (tertiary alicyclic amines) is 1. The molecule has 2 atom stereocenters. The Labute approximate surface area is 127 Å². The highest BCUT2D eigenvalue weighted by Gasteiger charge is 2.30. The number of nitrogens with one attached hydrogen (secondary N) is 1. The normalized spacial score (nSPS) is 22.8. The van der Waals surface area contributed by atoms with Crippen LogP contribution in [0.4, 0.5) is 0 Å². The van der Waals surface area contributed by atoms with E-state index in [1.165, 1.54) is 5.56 Å². The lowest BCUT2D eigenvalue weighted by Crippen LogP contribution is -2.51. The molecule has 0 aromatic carbocycles. The smallest absolute Gasteiger partial charge is 0.225 e. The highest BCUT2D eigenvalue weighted by atomic mass is 16.3. The van der Waals surface area contributed by atoms with Gasteiger partial charge in [0.1, 0.15) is 5.76 Å². The van der Waals surface area contributed by atoms with Crippen LogP contribution in [0, 0.1) is 18.8 Å². The van der Waals surface area contributed by atoms with Crippen LogP contribution in [0.2, 0.25) is 0 Å². The maximum atomic E-state index is 12.1. The number of nitrogens with zero attached hydrogens (tertiary/aromatic N) is 1. The van der Waals surface area contributed by atoms with Crippen LogP contribution in [0.3, 0.4) is 0 Å². The second kappa shape index (κ2) is 7.12. The van der Waals surface area contributed by atoms with E-state index in [9.17, 15) is 4.79 Å². The van der Waals surface area contributed by atoms with Crippen molar-refractivity contribution in [3.05, 3.63) is 23.7 Å². The number of amides is 1. The lowest BCUT2D eigenvalue weighted by Gasteiger charge is -2.39. The van der Waals surface area contributed by atoms with E-state index >= 15 is 0 Å². The number of carbonyl (C=O) groups is 1. The first kappa shape index (κ1) is 16.1. The van der Waals surface area contributed by atoms with Crippen LogP contribution in [-0.2, 0) is 11.3 Å². The minimum atomic E-state index is 0.0952. The van der Waals surface area contributed by atoms with Crippen molar-refractivity contribution in [3.63, 3.8) is 0 Å². The van der Waals surface area contributed by atoms with Crippen molar-refractivity contribution in [1.29, 1.82) is 0 Å². The molecule has 1 saturated heterocycles. The van der Waals surface area contributed by atoms with E-state index in [0.717, 1.165) is 38.2 Å². The fraction of sp³-hybridized carbons (Fsp3) is 0.706. The molecule has 2 unspecified atom stereocenters. The molecule has 1 aromatic rings. The predicted octanol–water partition coefficient (Wildman–Crippen LogP) is 2.96. The number of carbonyl (C=O) groups excluding carboxylic acids is 1. The van der Waals surface area contributed by atoms with Crippen LogP contribution >= 0.6 is 0 Å². The molecule has 4 nitrogen and oxygen atoms in total. The van der Waals surface area contributed by atoms with Crippen molar-refractivity contribution in [3.8, 4) is 0 Å². The van der Waals surface area contributed by atoms with Crippen LogP contribution in [0.15, 0.2) is 16.7 Å². The largest absolute Gasteiger partial charge is 0.468 e. The molecule has 0 saturated carbocycles. The van der Waals surface area contributed by atoms with Gasteiger partial charge in [0, 0.05) is 25.0 Å². The Morgan fingerprint density at radius 1 is 1.52 bits per heavy atom. The Kier molecular flexibility index (Phi) is 5.45. The molecule has 2 heterocycles. The summed E-state index contributed by atoms with van der Waals surface area (Å²) in [6.45, 7) is 10.8. The van der Waals surface area contributed by atoms with E-state index in [0.29, 0.717) is 12.0 Å². The van der Waals surface area contributed by atoms with Gasteiger partial charge in [0.15, 0.2) is 0 Å². The fourth-order valence-corrected chi connectivity index (χ4v) is 3.09. The summed E-state index contributed by atoms with van der Waals surface area (Å²) in [5.41, 5.74) is 1.20. The zero-order valence-electron chi connectivity index (χ0n) is 13.7. The van der Waals surface area contributed by atoms with Gasteiger partial charge >= 0.3 is 0 Å². The monoisotopic (exact) mass is 292 g/mol. The summed E-state index contributed by atoms with van der Waals surface area (Å²) in [5.74, 6) is 1.92. The summed E-state index contributed by atoms with van der Waals surface area (Å²) in [7, 11) is 0. The molecule has 0 aliphatic carbocycles. The third kappa shape index (κ3) is 3.88. The molecular weight excluding hydrogens is 264 g/mol. The zero-order chi connectivity index (χ0) is 15.4. The van der Waals surface area contributed by atoms with Gasteiger partial charge in [0.25, 0.3) is 0 Å². The Hall–Kier alpha value is -1.29. The third-order valence-electron chi connectivity index (χ3n) is 4.56. The van der Waals surface area contributed by atoms with Crippen LogP contribution in [0.25, 0.3) is 0 Å². The van der Waals surface area contributed by atoms with Crippen LogP contribution in [0.5, 0.6) is 0 Å². The Bertz CT molecular complexity index is 467. The van der Waals surface area contributed by atoms with E-state index in [1.54, 1.807) is 6.26 Å². The minimum absolute atomic E-state index is 0.0952. The van der Waals surface area contributed by atoms with Crippen molar-refractivity contribution in [2.45, 2.75) is 53.1 Å². The molecular formula is C17H28N2O2. The van der Waals surface area contributed by atoms with Crippen LogP contribution in [-0.4, -0.2) is 29.9 Å². The number of aryl methyl sites for hydroxylation is 1. The average Bonchev–Trinajstić information content (AvgIpc) is 2.89. The Balaban J connectivity index is 1.90. The second-order valence-corrected chi connectivity index (χ2v) is 6.41. The summed E-state index contributed by atoms with van der Waals surface area (Å²) >= 11 is 0.